The maximum absolute atomic E-state index is 12.4. The van der Waals surface area contributed by atoms with Gasteiger partial charge in [-0.3, -0.25) is 9.69 Å². The van der Waals surface area contributed by atoms with E-state index in [1.54, 1.807) is 14.2 Å². The molecule has 2 aromatic rings. The summed E-state index contributed by atoms with van der Waals surface area (Å²) in [5.41, 5.74) is 2.30. The number of amides is 1. The molecule has 0 bridgehead atoms. The van der Waals surface area contributed by atoms with Gasteiger partial charge in [0.25, 0.3) is 0 Å². The van der Waals surface area contributed by atoms with Gasteiger partial charge in [0.1, 0.15) is 11.5 Å². The summed E-state index contributed by atoms with van der Waals surface area (Å²) in [5.74, 6) is 1.73. The molecule has 1 saturated heterocycles. The first-order chi connectivity index (χ1) is 12.7. The maximum Gasteiger partial charge on any atom is 0.234 e. The van der Waals surface area contributed by atoms with Crippen molar-refractivity contribution < 1.29 is 14.3 Å². The van der Waals surface area contributed by atoms with Crippen molar-refractivity contribution in [3.8, 4) is 11.5 Å². The van der Waals surface area contributed by atoms with Crippen molar-refractivity contribution in [3.63, 3.8) is 0 Å². The van der Waals surface area contributed by atoms with Crippen LogP contribution < -0.4 is 14.8 Å². The van der Waals surface area contributed by atoms with Crippen LogP contribution in [0.15, 0.2) is 48.5 Å². The molecule has 0 saturated carbocycles. The van der Waals surface area contributed by atoms with Crippen molar-refractivity contribution in [3.05, 3.63) is 59.7 Å². The number of ether oxygens (including phenoxy) is 2. The Morgan fingerprint density at radius 3 is 2.27 bits per heavy atom. The van der Waals surface area contributed by atoms with Crippen LogP contribution in [-0.4, -0.2) is 38.1 Å². The maximum atomic E-state index is 12.4. The van der Waals surface area contributed by atoms with Crippen LogP contribution in [0.25, 0.3) is 0 Å². The van der Waals surface area contributed by atoms with Gasteiger partial charge in [-0.15, -0.1) is 0 Å². The molecule has 1 heterocycles. The van der Waals surface area contributed by atoms with Gasteiger partial charge in [0, 0.05) is 12.6 Å². The van der Waals surface area contributed by atoms with Gasteiger partial charge < -0.3 is 14.8 Å². The minimum Gasteiger partial charge on any atom is -0.497 e. The number of benzene rings is 2. The highest BCUT2D eigenvalue weighted by molar-refractivity contribution is 5.78. The molecule has 1 atom stereocenters. The zero-order valence-corrected chi connectivity index (χ0v) is 15.4. The predicted octanol–water partition coefficient (Wildman–Crippen LogP) is 3.16. The highest BCUT2D eigenvalue weighted by atomic mass is 16.5. The lowest BCUT2D eigenvalue weighted by molar-refractivity contribution is -0.122. The minimum atomic E-state index is 0.0567. The fourth-order valence-corrected chi connectivity index (χ4v) is 3.40. The second-order valence-electron chi connectivity index (χ2n) is 6.53. The molecule has 1 N–H and O–H groups in total. The molecule has 0 spiro atoms. The van der Waals surface area contributed by atoms with Gasteiger partial charge in [-0.1, -0.05) is 24.3 Å². The average molecular weight is 354 g/mol. The molecule has 0 aromatic heterocycles. The molecule has 5 heteroatoms. The molecule has 1 aliphatic rings. The van der Waals surface area contributed by atoms with Gasteiger partial charge >= 0.3 is 0 Å². The van der Waals surface area contributed by atoms with Crippen LogP contribution in [0.4, 0.5) is 0 Å². The van der Waals surface area contributed by atoms with Crippen LogP contribution in [0.5, 0.6) is 11.5 Å². The lowest BCUT2D eigenvalue weighted by atomic mass is 10.0. The lowest BCUT2D eigenvalue weighted by Gasteiger charge is -2.24. The molecule has 0 aliphatic carbocycles. The highest BCUT2D eigenvalue weighted by Crippen LogP contribution is 2.32. The van der Waals surface area contributed by atoms with E-state index >= 15 is 0 Å². The minimum absolute atomic E-state index is 0.0567. The third-order valence-electron chi connectivity index (χ3n) is 4.86. The number of hydrogen-bond acceptors (Lipinski definition) is 4. The Balaban J connectivity index is 1.53. The summed E-state index contributed by atoms with van der Waals surface area (Å²) in [6, 6.07) is 16.2. The predicted molar refractivity (Wildman–Crippen MR) is 101 cm³/mol. The second kappa shape index (κ2) is 8.72. The molecule has 1 fully saturated rings. The zero-order valence-electron chi connectivity index (χ0n) is 15.4. The SMILES string of the molecule is COc1ccc(CNC(=O)CN2CCCC2c2ccc(OC)cc2)cc1. The van der Waals surface area contributed by atoms with Crippen molar-refractivity contribution in [1.29, 1.82) is 0 Å². The number of methoxy groups -OCH3 is 2. The number of carbonyl (C=O) groups excluding carboxylic acids is 1. The standard InChI is InChI=1S/C21H26N2O3/c1-25-18-9-5-16(6-10-18)14-22-21(24)15-23-13-3-4-20(23)17-7-11-19(26-2)12-8-17/h5-12,20H,3-4,13-15H2,1-2H3,(H,22,24). The van der Waals surface area contributed by atoms with Crippen molar-refractivity contribution in [1.82, 2.24) is 10.2 Å². The summed E-state index contributed by atoms with van der Waals surface area (Å²) in [7, 11) is 3.32. The van der Waals surface area contributed by atoms with E-state index in [1.165, 1.54) is 5.56 Å². The quantitative estimate of drug-likeness (QED) is 0.830. The van der Waals surface area contributed by atoms with E-state index in [1.807, 2.05) is 36.4 Å². The Labute approximate surface area is 154 Å². The van der Waals surface area contributed by atoms with Crippen LogP contribution in [0.1, 0.15) is 30.0 Å². The van der Waals surface area contributed by atoms with Crippen LogP contribution in [-0.2, 0) is 11.3 Å². The van der Waals surface area contributed by atoms with Crippen molar-refractivity contribution in [2.45, 2.75) is 25.4 Å². The molecule has 3 rings (SSSR count). The van der Waals surface area contributed by atoms with Gasteiger partial charge in [0.05, 0.1) is 20.8 Å². The molecule has 5 nitrogen and oxygen atoms in total. The third kappa shape index (κ3) is 4.55. The van der Waals surface area contributed by atoms with Gasteiger partial charge in [0.2, 0.25) is 5.91 Å². The Bertz CT molecular complexity index is 713. The number of hydrogen-bond donors (Lipinski definition) is 1. The first kappa shape index (κ1) is 18.3. The summed E-state index contributed by atoms with van der Waals surface area (Å²) in [6.45, 7) is 1.91. The first-order valence-electron chi connectivity index (χ1n) is 8.97. The summed E-state index contributed by atoms with van der Waals surface area (Å²) >= 11 is 0. The molecule has 26 heavy (non-hydrogen) atoms. The fourth-order valence-electron chi connectivity index (χ4n) is 3.40. The molecule has 1 unspecified atom stereocenters. The molecule has 1 amide bonds. The van der Waals surface area contributed by atoms with E-state index in [-0.39, 0.29) is 5.91 Å². The van der Waals surface area contributed by atoms with Gasteiger partial charge in [-0.25, -0.2) is 0 Å². The highest BCUT2D eigenvalue weighted by Gasteiger charge is 2.27. The monoisotopic (exact) mass is 354 g/mol. The Morgan fingerprint density at radius 2 is 1.65 bits per heavy atom. The Morgan fingerprint density at radius 1 is 1.04 bits per heavy atom. The fraction of sp³-hybridized carbons (Fsp3) is 0.381. The number of rotatable bonds is 7. The third-order valence-corrected chi connectivity index (χ3v) is 4.86. The van der Waals surface area contributed by atoms with Gasteiger partial charge in [-0.05, 0) is 54.8 Å². The molecule has 2 aromatic carbocycles. The number of likely N-dealkylation sites (tertiary alicyclic amines) is 1. The molecule has 0 radical (unpaired) electrons. The molecular formula is C21H26N2O3. The normalized spacial score (nSPS) is 17.1. The Kier molecular flexibility index (Phi) is 6.12. The number of carbonyl (C=O) groups is 1. The van der Waals surface area contributed by atoms with E-state index < -0.39 is 0 Å². The summed E-state index contributed by atoms with van der Waals surface area (Å²) in [5, 5.41) is 3.01. The lowest BCUT2D eigenvalue weighted by Crippen LogP contribution is -2.36. The summed E-state index contributed by atoms with van der Waals surface area (Å²) in [4.78, 5) is 14.6. The van der Waals surface area contributed by atoms with E-state index in [2.05, 4.69) is 22.3 Å². The molecule has 1 aliphatic heterocycles. The molecular weight excluding hydrogens is 328 g/mol. The van der Waals surface area contributed by atoms with Crippen molar-refractivity contribution >= 4 is 5.91 Å². The van der Waals surface area contributed by atoms with E-state index in [0.29, 0.717) is 19.1 Å². The summed E-state index contributed by atoms with van der Waals surface area (Å²) < 4.78 is 10.4. The van der Waals surface area contributed by atoms with Gasteiger partial charge in [0.15, 0.2) is 0 Å². The van der Waals surface area contributed by atoms with Crippen LogP contribution in [0, 0.1) is 0 Å². The first-order valence-corrected chi connectivity index (χ1v) is 8.97. The van der Waals surface area contributed by atoms with Crippen LogP contribution in [0.2, 0.25) is 0 Å². The topological polar surface area (TPSA) is 50.8 Å². The number of nitrogens with one attached hydrogen (secondary N) is 1. The number of nitrogens with zero attached hydrogens (tertiary/aromatic N) is 1. The average Bonchev–Trinajstić information content (AvgIpc) is 3.15. The summed E-state index contributed by atoms with van der Waals surface area (Å²) in [6.07, 6.45) is 2.19. The smallest absolute Gasteiger partial charge is 0.234 e. The van der Waals surface area contributed by atoms with E-state index in [9.17, 15) is 4.79 Å². The van der Waals surface area contributed by atoms with Crippen molar-refractivity contribution in [2.24, 2.45) is 0 Å². The van der Waals surface area contributed by atoms with E-state index in [0.717, 1.165) is 36.4 Å². The van der Waals surface area contributed by atoms with E-state index in [4.69, 9.17) is 9.47 Å². The van der Waals surface area contributed by atoms with Crippen molar-refractivity contribution in [2.75, 3.05) is 27.3 Å². The molecule has 138 valence electrons. The van der Waals surface area contributed by atoms with Crippen LogP contribution >= 0.6 is 0 Å². The largest absolute Gasteiger partial charge is 0.497 e. The zero-order chi connectivity index (χ0) is 18.4. The Hall–Kier alpha value is -2.53. The van der Waals surface area contributed by atoms with Crippen LogP contribution in [0.3, 0.4) is 0 Å². The van der Waals surface area contributed by atoms with Gasteiger partial charge in [-0.2, -0.15) is 0 Å². The second-order valence-corrected chi connectivity index (χ2v) is 6.53.